The Hall–Kier alpha value is -3.46. The van der Waals surface area contributed by atoms with E-state index in [0.29, 0.717) is 12.5 Å². The summed E-state index contributed by atoms with van der Waals surface area (Å²) in [6.45, 7) is 0.555. The van der Waals surface area contributed by atoms with Gasteiger partial charge in [0.25, 0.3) is 0 Å². The molecule has 0 radical (unpaired) electrons. The van der Waals surface area contributed by atoms with Crippen molar-refractivity contribution in [2.45, 2.75) is 6.04 Å². The minimum atomic E-state index is 0.0317. The molecule has 3 aromatic carbocycles. The third-order valence-corrected chi connectivity index (χ3v) is 4.87. The predicted octanol–water partition coefficient (Wildman–Crippen LogP) is 5.42. The van der Waals surface area contributed by atoms with E-state index in [1.165, 1.54) is 10.8 Å². The van der Waals surface area contributed by atoms with Crippen LogP contribution in [0.2, 0.25) is 0 Å². The fourth-order valence-corrected chi connectivity index (χ4v) is 3.51. The van der Waals surface area contributed by atoms with Gasteiger partial charge in [0.05, 0.1) is 5.69 Å². The van der Waals surface area contributed by atoms with Crippen molar-refractivity contribution in [1.82, 2.24) is 4.98 Å². The van der Waals surface area contributed by atoms with Crippen LogP contribution in [0.15, 0.2) is 96.0 Å². The summed E-state index contributed by atoms with van der Waals surface area (Å²) in [6, 6.07) is 31.0. The third-order valence-electron chi connectivity index (χ3n) is 4.87. The Bertz CT molecular complexity index is 1130. The van der Waals surface area contributed by atoms with E-state index < -0.39 is 0 Å². The number of fused-ring (bicyclic) bond motifs is 1. The lowest BCUT2D eigenvalue weighted by atomic mass is 10.0. The Labute approximate surface area is 158 Å². The highest BCUT2D eigenvalue weighted by molar-refractivity contribution is 5.97. The lowest BCUT2D eigenvalue weighted by Gasteiger charge is -2.08. The van der Waals surface area contributed by atoms with Gasteiger partial charge in [-0.15, -0.1) is 0 Å². The van der Waals surface area contributed by atoms with Gasteiger partial charge in [-0.05, 0) is 28.5 Å². The maximum atomic E-state index is 5.87. The van der Waals surface area contributed by atoms with E-state index in [1.54, 1.807) is 0 Å². The summed E-state index contributed by atoms with van der Waals surface area (Å²) >= 11 is 0. The predicted molar refractivity (Wildman–Crippen MR) is 109 cm³/mol. The van der Waals surface area contributed by atoms with E-state index in [0.717, 1.165) is 22.5 Å². The van der Waals surface area contributed by atoms with Crippen molar-refractivity contribution in [2.75, 3.05) is 6.61 Å². The van der Waals surface area contributed by atoms with E-state index in [4.69, 9.17) is 14.7 Å². The number of aliphatic imine (C=N–C) groups is 1. The van der Waals surface area contributed by atoms with Crippen LogP contribution in [0, 0.1) is 0 Å². The van der Waals surface area contributed by atoms with Crippen LogP contribution in [0.4, 0.5) is 0 Å². The Morgan fingerprint density at radius 3 is 2.37 bits per heavy atom. The minimum Gasteiger partial charge on any atom is -0.474 e. The van der Waals surface area contributed by atoms with Crippen LogP contribution >= 0.6 is 0 Å². The molecule has 3 heteroatoms. The zero-order chi connectivity index (χ0) is 18.1. The molecule has 0 saturated heterocycles. The highest BCUT2D eigenvalue weighted by atomic mass is 16.5. The smallest absolute Gasteiger partial charge is 0.236 e. The molecule has 0 N–H and O–H groups in total. The molecule has 1 atom stereocenters. The molecular weight excluding hydrogens is 332 g/mol. The number of rotatable bonds is 3. The minimum absolute atomic E-state index is 0.0317. The molecule has 1 aliphatic heterocycles. The largest absolute Gasteiger partial charge is 0.474 e. The van der Waals surface area contributed by atoms with E-state index in [1.807, 2.05) is 36.4 Å². The summed E-state index contributed by atoms with van der Waals surface area (Å²) in [7, 11) is 0. The zero-order valence-electron chi connectivity index (χ0n) is 14.7. The van der Waals surface area contributed by atoms with Gasteiger partial charge in [-0.3, -0.25) is 0 Å². The average Bonchev–Trinajstić information content (AvgIpc) is 3.24. The van der Waals surface area contributed by atoms with Gasteiger partial charge >= 0.3 is 0 Å². The SMILES string of the molecule is c1ccc([C@H]2COC(c3cccc(-c4cccc5ccccc45)n3)=N2)cc1. The first-order valence-electron chi connectivity index (χ1n) is 9.09. The molecule has 0 bridgehead atoms. The molecule has 1 aliphatic rings. The standard InChI is InChI=1S/C24H18N2O/c1-2-9-18(10-3-1)23-16-27-24(26-23)22-15-7-14-21(25-22)20-13-6-11-17-8-4-5-12-19(17)20/h1-15,23H,16H2/t23-/m1/s1. The summed E-state index contributed by atoms with van der Waals surface area (Å²) in [4.78, 5) is 9.61. The van der Waals surface area contributed by atoms with Gasteiger partial charge in [0.15, 0.2) is 0 Å². The normalized spacial score (nSPS) is 16.1. The molecule has 5 rings (SSSR count). The molecule has 130 valence electrons. The fraction of sp³-hybridized carbons (Fsp3) is 0.0833. The maximum Gasteiger partial charge on any atom is 0.236 e. The van der Waals surface area contributed by atoms with Gasteiger partial charge in [0.2, 0.25) is 5.90 Å². The van der Waals surface area contributed by atoms with Gasteiger partial charge < -0.3 is 4.74 Å². The molecule has 0 amide bonds. The van der Waals surface area contributed by atoms with Crippen molar-refractivity contribution in [1.29, 1.82) is 0 Å². The van der Waals surface area contributed by atoms with Crippen LogP contribution in [0.25, 0.3) is 22.0 Å². The molecule has 1 aromatic heterocycles. The number of pyridine rings is 1. The van der Waals surface area contributed by atoms with Gasteiger partial charge in [-0.25, -0.2) is 9.98 Å². The Balaban J connectivity index is 1.53. The van der Waals surface area contributed by atoms with Crippen molar-refractivity contribution >= 4 is 16.7 Å². The second-order valence-corrected chi connectivity index (χ2v) is 6.61. The van der Waals surface area contributed by atoms with E-state index in [-0.39, 0.29) is 6.04 Å². The van der Waals surface area contributed by atoms with Gasteiger partial charge in [-0.1, -0.05) is 78.9 Å². The lowest BCUT2D eigenvalue weighted by molar-refractivity contribution is 0.319. The Kier molecular flexibility index (Phi) is 3.91. The Morgan fingerprint density at radius 1 is 0.704 bits per heavy atom. The number of hydrogen-bond acceptors (Lipinski definition) is 3. The van der Waals surface area contributed by atoms with Crippen molar-refractivity contribution in [3.63, 3.8) is 0 Å². The first kappa shape index (κ1) is 15.8. The number of aromatic nitrogens is 1. The van der Waals surface area contributed by atoms with Crippen molar-refractivity contribution in [2.24, 2.45) is 4.99 Å². The van der Waals surface area contributed by atoms with E-state index >= 15 is 0 Å². The number of hydrogen-bond donors (Lipinski definition) is 0. The third kappa shape index (κ3) is 2.97. The van der Waals surface area contributed by atoms with Crippen LogP contribution in [-0.4, -0.2) is 17.5 Å². The van der Waals surface area contributed by atoms with Crippen molar-refractivity contribution < 1.29 is 4.74 Å². The zero-order valence-corrected chi connectivity index (χ0v) is 14.7. The van der Waals surface area contributed by atoms with Crippen LogP contribution in [-0.2, 0) is 4.74 Å². The topological polar surface area (TPSA) is 34.5 Å². The molecule has 0 saturated carbocycles. The molecule has 0 unspecified atom stereocenters. The fourth-order valence-electron chi connectivity index (χ4n) is 3.51. The molecule has 27 heavy (non-hydrogen) atoms. The molecule has 3 nitrogen and oxygen atoms in total. The van der Waals surface area contributed by atoms with Crippen molar-refractivity contribution in [3.05, 3.63) is 102 Å². The van der Waals surface area contributed by atoms with Crippen molar-refractivity contribution in [3.8, 4) is 11.3 Å². The van der Waals surface area contributed by atoms with Gasteiger partial charge in [-0.2, -0.15) is 0 Å². The summed E-state index contributed by atoms with van der Waals surface area (Å²) in [5.74, 6) is 0.617. The van der Waals surface area contributed by atoms with Gasteiger partial charge in [0, 0.05) is 5.56 Å². The lowest BCUT2D eigenvalue weighted by Crippen LogP contribution is -2.04. The number of ether oxygens (including phenoxy) is 1. The van der Waals surface area contributed by atoms with Crippen LogP contribution in [0.5, 0.6) is 0 Å². The summed E-state index contributed by atoms with van der Waals surface area (Å²) in [6.07, 6.45) is 0. The second kappa shape index (κ2) is 6.69. The van der Waals surface area contributed by atoms with Crippen LogP contribution < -0.4 is 0 Å². The highest BCUT2D eigenvalue weighted by Crippen LogP contribution is 2.29. The summed E-state index contributed by atoms with van der Waals surface area (Å²) in [5, 5.41) is 2.40. The molecule has 0 fully saturated rings. The van der Waals surface area contributed by atoms with Crippen LogP contribution in [0.3, 0.4) is 0 Å². The van der Waals surface area contributed by atoms with E-state index in [2.05, 4.69) is 54.6 Å². The number of benzene rings is 3. The summed E-state index contributed by atoms with van der Waals surface area (Å²) in [5.41, 5.74) is 3.99. The highest BCUT2D eigenvalue weighted by Gasteiger charge is 2.22. The molecule has 4 aromatic rings. The average molecular weight is 350 g/mol. The quantitative estimate of drug-likeness (QED) is 0.494. The van der Waals surface area contributed by atoms with Gasteiger partial charge in [0.1, 0.15) is 18.3 Å². The van der Waals surface area contributed by atoms with Crippen LogP contribution in [0.1, 0.15) is 17.3 Å². The first-order chi connectivity index (χ1) is 13.4. The van der Waals surface area contributed by atoms with E-state index in [9.17, 15) is 0 Å². The molecule has 2 heterocycles. The first-order valence-corrected chi connectivity index (χ1v) is 9.09. The second-order valence-electron chi connectivity index (χ2n) is 6.61. The Morgan fingerprint density at radius 2 is 1.44 bits per heavy atom. The molecule has 0 spiro atoms. The molecular formula is C24H18N2O. The monoisotopic (exact) mass is 350 g/mol. The molecule has 0 aliphatic carbocycles. The summed E-state index contributed by atoms with van der Waals surface area (Å²) < 4.78 is 5.87. The number of nitrogens with zero attached hydrogens (tertiary/aromatic N) is 2. The maximum absolute atomic E-state index is 5.87.